The number of aromatic nitrogens is 2. The summed E-state index contributed by atoms with van der Waals surface area (Å²) >= 11 is 0. The average molecular weight is 336 g/mol. The van der Waals surface area contributed by atoms with Crippen molar-refractivity contribution in [1.82, 2.24) is 9.55 Å². The molecule has 5 nitrogen and oxygen atoms in total. The van der Waals surface area contributed by atoms with E-state index in [0.717, 1.165) is 36.0 Å². The number of fused-ring (bicyclic) bond motifs is 1. The van der Waals surface area contributed by atoms with Crippen molar-refractivity contribution in [2.75, 3.05) is 19.8 Å². The SMILES string of the molecule is O=c1c2ccccc2ccn1Cc1ccnc(OCC2CCOC2)c1. The lowest BCUT2D eigenvalue weighted by Gasteiger charge is -2.11. The Labute approximate surface area is 145 Å². The molecule has 1 saturated heterocycles. The van der Waals surface area contributed by atoms with Crippen LogP contribution in [0.1, 0.15) is 12.0 Å². The van der Waals surface area contributed by atoms with Gasteiger partial charge in [0.05, 0.1) is 19.8 Å². The van der Waals surface area contributed by atoms with Crippen molar-refractivity contribution in [1.29, 1.82) is 0 Å². The lowest BCUT2D eigenvalue weighted by Crippen LogP contribution is -2.20. The third-order valence-corrected chi connectivity index (χ3v) is 4.53. The van der Waals surface area contributed by atoms with Crippen LogP contribution in [0.5, 0.6) is 5.88 Å². The summed E-state index contributed by atoms with van der Waals surface area (Å²) in [6, 6.07) is 13.4. The van der Waals surface area contributed by atoms with Crippen molar-refractivity contribution in [3.05, 3.63) is 70.8 Å². The summed E-state index contributed by atoms with van der Waals surface area (Å²) in [5.41, 5.74) is 1.01. The maximum absolute atomic E-state index is 12.6. The lowest BCUT2D eigenvalue weighted by molar-refractivity contribution is 0.165. The second-order valence-electron chi connectivity index (χ2n) is 6.38. The van der Waals surface area contributed by atoms with Gasteiger partial charge in [0.2, 0.25) is 5.88 Å². The molecule has 128 valence electrons. The molecular weight excluding hydrogens is 316 g/mol. The molecule has 0 radical (unpaired) electrons. The van der Waals surface area contributed by atoms with Crippen LogP contribution in [0.25, 0.3) is 10.8 Å². The highest BCUT2D eigenvalue weighted by atomic mass is 16.5. The normalized spacial score (nSPS) is 17.0. The Morgan fingerprint density at radius 2 is 2.16 bits per heavy atom. The molecule has 0 N–H and O–H groups in total. The van der Waals surface area contributed by atoms with Crippen LogP contribution in [-0.2, 0) is 11.3 Å². The van der Waals surface area contributed by atoms with E-state index in [-0.39, 0.29) is 5.56 Å². The molecule has 2 aromatic heterocycles. The van der Waals surface area contributed by atoms with Gasteiger partial charge in [-0.15, -0.1) is 0 Å². The Balaban J connectivity index is 1.51. The van der Waals surface area contributed by atoms with Crippen LogP contribution in [0.15, 0.2) is 59.7 Å². The van der Waals surface area contributed by atoms with Crippen LogP contribution in [0, 0.1) is 5.92 Å². The topological polar surface area (TPSA) is 53.4 Å². The van der Waals surface area contributed by atoms with E-state index in [4.69, 9.17) is 9.47 Å². The average Bonchev–Trinajstić information content (AvgIpc) is 3.17. The molecule has 0 amide bonds. The first-order valence-corrected chi connectivity index (χ1v) is 8.53. The number of rotatable bonds is 5. The van der Waals surface area contributed by atoms with E-state index in [0.29, 0.717) is 24.9 Å². The van der Waals surface area contributed by atoms with Gasteiger partial charge in [0.15, 0.2) is 0 Å². The van der Waals surface area contributed by atoms with Gasteiger partial charge in [0.25, 0.3) is 5.56 Å². The molecule has 1 fully saturated rings. The molecule has 1 aliphatic heterocycles. The molecule has 1 atom stereocenters. The van der Waals surface area contributed by atoms with Crippen LogP contribution in [-0.4, -0.2) is 29.4 Å². The highest BCUT2D eigenvalue weighted by molar-refractivity contribution is 5.81. The van der Waals surface area contributed by atoms with Gasteiger partial charge in [-0.25, -0.2) is 4.98 Å². The van der Waals surface area contributed by atoms with Crippen molar-refractivity contribution in [2.24, 2.45) is 5.92 Å². The molecule has 1 aliphatic rings. The summed E-state index contributed by atoms with van der Waals surface area (Å²) in [4.78, 5) is 16.9. The second kappa shape index (κ2) is 7.07. The van der Waals surface area contributed by atoms with Crippen molar-refractivity contribution in [3.8, 4) is 5.88 Å². The van der Waals surface area contributed by atoms with Gasteiger partial charge in [0.1, 0.15) is 0 Å². The number of benzene rings is 1. The molecule has 3 heterocycles. The first-order chi connectivity index (χ1) is 12.3. The zero-order valence-corrected chi connectivity index (χ0v) is 13.9. The first-order valence-electron chi connectivity index (χ1n) is 8.53. The van der Waals surface area contributed by atoms with Crippen molar-refractivity contribution >= 4 is 10.8 Å². The van der Waals surface area contributed by atoms with Crippen molar-refractivity contribution in [3.63, 3.8) is 0 Å². The van der Waals surface area contributed by atoms with Gasteiger partial charge < -0.3 is 14.0 Å². The van der Waals surface area contributed by atoms with Crippen LogP contribution < -0.4 is 10.3 Å². The summed E-state index contributed by atoms with van der Waals surface area (Å²) in [5, 5.41) is 1.69. The Morgan fingerprint density at radius 3 is 3.04 bits per heavy atom. The van der Waals surface area contributed by atoms with E-state index in [1.54, 1.807) is 10.8 Å². The molecule has 1 unspecified atom stereocenters. The van der Waals surface area contributed by atoms with Crippen molar-refractivity contribution in [2.45, 2.75) is 13.0 Å². The van der Waals surface area contributed by atoms with Crippen LogP contribution in [0.4, 0.5) is 0 Å². The fourth-order valence-electron chi connectivity index (χ4n) is 3.10. The first kappa shape index (κ1) is 15.8. The summed E-state index contributed by atoms with van der Waals surface area (Å²) < 4.78 is 12.9. The third-order valence-electron chi connectivity index (χ3n) is 4.53. The fraction of sp³-hybridized carbons (Fsp3) is 0.300. The van der Waals surface area contributed by atoms with E-state index >= 15 is 0 Å². The Kier molecular flexibility index (Phi) is 4.48. The highest BCUT2D eigenvalue weighted by Crippen LogP contribution is 2.16. The fourth-order valence-corrected chi connectivity index (χ4v) is 3.10. The second-order valence-corrected chi connectivity index (χ2v) is 6.38. The smallest absolute Gasteiger partial charge is 0.258 e. The summed E-state index contributed by atoms with van der Waals surface area (Å²) in [7, 11) is 0. The van der Waals surface area contributed by atoms with E-state index in [9.17, 15) is 4.79 Å². The number of nitrogens with zero attached hydrogens (tertiary/aromatic N) is 2. The van der Waals surface area contributed by atoms with E-state index in [1.165, 1.54) is 0 Å². The van der Waals surface area contributed by atoms with Gasteiger partial charge in [-0.1, -0.05) is 18.2 Å². The van der Waals surface area contributed by atoms with Crippen LogP contribution in [0.2, 0.25) is 0 Å². The molecule has 3 aromatic rings. The summed E-state index contributed by atoms with van der Waals surface area (Å²) in [6.07, 6.45) is 4.59. The Morgan fingerprint density at radius 1 is 1.24 bits per heavy atom. The monoisotopic (exact) mass is 336 g/mol. The molecule has 0 aliphatic carbocycles. The minimum atomic E-state index is 0.0143. The molecule has 4 rings (SSSR count). The standard InChI is InChI=1S/C20H20N2O3/c23-20-18-4-2-1-3-17(18)6-9-22(20)12-15-5-8-21-19(11-15)25-14-16-7-10-24-13-16/h1-6,8-9,11,16H,7,10,12-14H2. The largest absolute Gasteiger partial charge is 0.477 e. The maximum Gasteiger partial charge on any atom is 0.258 e. The number of ether oxygens (including phenoxy) is 2. The Hall–Kier alpha value is -2.66. The minimum Gasteiger partial charge on any atom is -0.477 e. The van der Waals surface area contributed by atoms with Gasteiger partial charge in [0, 0.05) is 36.4 Å². The lowest BCUT2D eigenvalue weighted by atomic mass is 10.1. The van der Waals surface area contributed by atoms with Gasteiger partial charge in [-0.2, -0.15) is 0 Å². The zero-order chi connectivity index (χ0) is 17.1. The quantitative estimate of drug-likeness (QED) is 0.719. The van der Waals surface area contributed by atoms with E-state index < -0.39 is 0 Å². The predicted molar refractivity (Wildman–Crippen MR) is 96.0 cm³/mol. The van der Waals surface area contributed by atoms with Gasteiger partial charge >= 0.3 is 0 Å². The summed E-state index contributed by atoms with van der Waals surface area (Å²) in [5.74, 6) is 1.03. The third kappa shape index (κ3) is 3.56. The molecule has 0 spiro atoms. The zero-order valence-electron chi connectivity index (χ0n) is 13.9. The molecular formula is C20H20N2O3. The maximum atomic E-state index is 12.6. The minimum absolute atomic E-state index is 0.0143. The number of hydrogen-bond donors (Lipinski definition) is 0. The summed E-state index contributed by atoms with van der Waals surface area (Å²) in [6.45, 7) is 2.68. The van der Waals surface area contributed by atoms with Gasteiger partial charge in [-0.05, 0) is 35.6 Å². The molecule has 0 saturated carbocycles. The molecule has 5 heteroatoms. The number of pyridine rings is 2. The molecule has 25 heavy (non-hydrogen) atoms. The van der Waals surface area contributed by atoms with Crippen LogP contribution >= 0.6 is 0 Å². The predicted octanol–water partition coefficient (Wildman–Crippen LogP) is 2.86. The van der Waals surface area contributed by atoms with E-state index in [1.807, 2.05) is 48.7 Å². The molecule has 0 bridgehead atoms. The number of hydrogen-bond acceptors (Lipinski definition) is 4. The highest BCUT2D eigenvalue weighted by Gasteiger charge is 2.16. The Bertz CT molecular complexity index is 929. The van der Waals surface area contributed by atoms with Gasteiger partial charge in [-0.3, -0.25) is 4.79 Å². The molecule has 1 aromatic carbocycles. The van der Waals surface area contributed by atoms with E-state index in [2.05, 4.69) is 4.98 Å². The van der Waals surface area contributed by atoms with Crippen LogP contribution in [0.3, 0.4) is 0 Å². The van der Waals surface area contributed by atoms with Crippen molar-refractivity contribution < 1.29 is 9.47 Å².